The molecular weight excluding hydrogens is 293 g/mol. The van der Waals surface area contributed by atoms with Crippen LogP contribution in [0.25, 0.3) is 0 Å². The maximum atomic E-state index is 12.5. The van der Waals surface area contributed by atoms with Crippen molar-refractivity contribution in [2.45, 2.75) is 37.9 Å². The standard InChI is InChI=1S/C13H14ClF3N2O/c14-10-7-8(13(15,16)17)5-6-11(10)19-12(20)18-9-3-1-2-4-9/h5-7,9H,1-4H2,(H2,18,19,20). The predicted molar refractivity (Wildman–Crippen MR) is 70.9 cm³/mol. The third kappa shape index (κ3) is 3.79. The van der Waals surface area contributed by atoms with Crippen LogP contribution < -0.4 is 10.6 Å². The summed E-state index contributed by atoms with van der Waals surface area (Å²) in [6.07, 6.45) is -0.450. The van der Waals surface area contributed by atoms with Crippen molar-refractivity contribution >= 4 is 23.3 Å². The van der Waals surface area contributed by atoms with Crippen LogP contribution in [0.5, 0.6) is 0 Å². The number of anilines is 1. The number of hydrogen-bond donors (Lipinski definition) is 2. The molecule has 0 bridgehead atoms. The molecule has 1 saturated carbocycles. The van der Waals surface area contributed by atoms with E-state index in [1.54, 1.807) is 0 Å². The molecule has 1 fully saturated rings. The lowest BCUT2D eigenvalue weighted by Gasteiger charge is -2.14. The molecule has 0 heterocycles. The van der Waals surface area contributed by atoms with E-state index in [-0.39, 0.29) is 16.8 Å². The van der Waals surface area contributed by atoms with Gasteiger partial charge in [-0.3, -0.25) is 0 Å². The molecule has 3 nitrogen and oxygen atoms in total. The van der Waals surface area contributed by atoms with Gasteiger partial charge in [0.15, 0.2) is 0 Å². The van der Waals surface area contributed by atoms with E-state index in [1.165, 1.54) is 0 Å². The largest absolute Gasteiger partial charge is 0.416 e. The zero-order valence-corrected chi connectivity index (χ0v) is 11.3. The number of alkyl halides is 3. The van der Waals surface area contributed by atoms with Crippen molar-refractivity contribution in [1.82, 2.24) is 5.32 Å². The Morgan fingerprint density at radius 3 is 2.45 bits per heavy atom. The molecule has 2 amide bonds. The summed E-state index contributed by atoms with van der Waals surface area (Å²) in [5.41, 5.74) is -0.681. The van der Waals surface area contributed by atoms with Gasteiger partial charge >= 0.3 is 12.2 Å². The smallest absolute Gasteiger partial charge is 0.335 e. The Morgan fingerprint density at radius 2 is 1.90 bits per heavy atom. The molecule has 7 heteroatoms. The summed E-state index contributed by atoms with van der Waals surface area (Å²) in [5, 5.41) is 5.10. The van der Waals surface area contributed by atoms with E-state index in [0.29, 0.717) is 0 Å². The Morgan fingerprint density at radius 1 is 1.25 bits per heavy atom. The molecule has 0 atom stereocenters. The van der Waals surface area contributed by atoms with E-state index in [0.717, 1.165) is 43.9 Å². The summed E-state index contributed by atoms with van der Waals surface area (Å²) < 4.78 is 37.4. The maximum absolute atomic E-state index is 12.5. The quantitative estimate of drug-likeness (QED) is 0.834. The van der Waals surface area contributed by atoms with Gasteiger partial charge in [0, 0.05) is 6.04 Å². The minimum atomic E-state index is -4.45. The monoisotopic (exact) mass is 306 g/mol. The molecule has 2 N–H and O–H groups in total. The highest BCUT2D eigenvalue weighted by Gasteiger charge is 2.31. The van der Waals surface area contributed by atoms with Crippen molar-refractivity contribution in [3.8, 4) is 0 Å². The Kier molecular flexibility index (Phi) is 4.42. The molecule has 1 aromatic rings. The molecule has 0 aliphatic heterocycles. The number of carbonyl (C=O) groups is 1. The van der Waals surface area contributed by atoms with Crippen LogP contribution in [0.3, 0.4) is 0 Å². The van der Waals surface area contributed by atoms with Crippen LogP contribution >= 0.6 is 11.6 Å². The first-order valence-electron chi connectivity index (χ1n) is 6.30. The van der Waals surface area contributed by atoms with Gasteiger partial charge in [0.25, 0.3) is 0 Å². The number of benzene rings is 1. The van der Waals surface area contributed by atoms with Crippen LogP contribution in [-0.4, -0.2) is 12.1 Å². The Hall–Kier alpha value is -1.43. The Balaban J connectivity index is 2.00. The average Bonchev–Trinajstić information content (AvgIpc) is 2.83. The molecule has 2 rings (SSSR count). The van der Waals surface area contributed by atoms with E-state index < -0.39 is 17.8 Å². The van der Waals surface area contributed by atoms with E-state index in [1.807, 2.05) is 0 Å². The molecule has 1 aliphatic rings. The van der Waals surface area contributed by atoms with Crippen LogP contribution in [-0.2, 0) is 6.18 Å². The minimum absolute atomic E-state index is 0.128. The van der Waals surface area contributed by atoms with Crippen LogP contribution in [0.4, 0.5) is 23.7 Å². The van der Waals surface area contributed by atoms with E-state index in [2.05, 4.69) is 10.6 Å². The topological polar surface area (TPSA) is 41.1 Å². The lowest BCUT2D eigenvalue weighted by atomic mass is 10.2. The van der Waals surface area contributed by atoms with Crippen molar-refractivity contribution in [3.63, 3.8) is 0 Å². The molecule has 110 valence electrons. The van der Waals surface area contributed by atoms with E-state index in [9.17, 15) is 18.0 Å². The second-order valence-electron chi connectivity index (χ2n) is 4.77. The third-order valence-corrected chi connectivity index (χ3v) is 3.55. The Labute approximate surface area is 119 Å². The SMILES string of the molecule is O=C(Nc1ccc(C(F)(F)F)cc1Cl)NC1CCCC1. The first-order valence-corrected chi connectivity index (χ1v) is 6.68. The van der Waals surface area contributed by atoms with E-state index >= 15 is 0 Å². The molecule has 1 aliphatic carbocycles. The van der Waals surface area contributed by atoms with Crippen LogP contribution in [0.2, 0.25) is 5.02 Å². The molecule has 0 radical (unpaired) electrons. The lowest BCUT2D eigenvalue weighted by molar-refractivity contribution is -0.137. The third-order valence-electron chi connectivity index (χ3n) is 3.24. The lowest BCUT2D eigenvalue weighted by Crippen LogP contribution is -2.36. The highest BCUT2D eigenvalue weighted by Crippen LogP contribution is 2.33. The second-order valence-corrected chi connectivity index (χ2v) is 5.18. The first-order chi connectivity index (χ1) is 9.36. The summed E-state index contributed by atoms with van der Waals surface area (Å²) in [6, 6.07) is 2.52. The van der Waals surface area contributed by atoms with Crippen LogP contribution in [0.15, 0.2) is 18.2 Å². The Bertz CT molecular complexity index is 499. The van der Waals surface area contributed by atoms with Gasteiger partial charge in [-0.15, -0.1) is 0 Å². The van der Waals surface area contributed by atoms with Crippen LogP contribution in [0.1, 0.15) is 31.2 Å². The van der Waals surface area contributed by atoms with Gasteiger partial charge in [-0.05, 0) is 31.0 Å². The average molecular weight is 307 g/mol. The fraction of sp³-hybridized carbons (Fsp3) is 0.462. The summed E-state index contributed by atoms with van der Waals surface area (Å²) in [4.78, 5) is 11.7. The molecule has 0 saturated heterocycles. The number of nitrogens with one attached hydrogen (secondary N) is 2. The minimum Gasteiger partial charge on any atom is -0.335 e. The zero-order valence-electron chi connectivity index (χ0n) is 10.6. The fourth-order valence-electron chi connectivity index (χ4n) is 2.21. The molecule has 20 heavy (non-hydrogen) atoms. The summed E-state index contributed by atoms with van der Waals surface area (Å²) in [6.45, 7) is 0. The summed E-state index contributed by atoms with van der Waals surface area (Å²) in [5.74, 6) is 0. The number of halogens is 4. The first kappa shape index (κ1) is 15.0. The van der Waals surface area contributed by atoms with Crippen molar-refractivity contribution in [2.75, 3.05) is 5.32 Å². The number of amides is 2. The fourth-order valence-corrected chi connectivity index (χ4v) is 2.43. The molecular formula is C13H14ClF3N2O. The van der Waals surface area contributed by atoms with Gasteiger partial charge in [0.1, 0.15) is 0 Å². The van der Waals surface area contributed by atoms with Gasteiger partial charge in [-0.1, -0.05) is 24.4 Å². The van der Waals surface area contributed by atoms with Crippen LogP contribution in [0, 0.1) is 0 Å². The van der Waals surface area contributed by atoms with Gasteiger partial charge in [-0.25, -0.2) is 4.79 Å². The highest BCUT2D eigenvalue weighted by atomic mass is 35.5. The normalized spacial score (nSPS) is 16.2. The molecule has 0 aromatic heterocycles. The van der Waals surface area contributed by atoms with Gasteiger partial charge in [0.2, 0.25) is 0 Å². The number of urea groups is 1. The molecule has 1 aromatic carbocycles. The van der Waals surface area contributed by atoms with Crippen molar-refractivity contribution < 1.29 is 18.0 Å². The van der Waals surface area contributed by atoms with Gasteiger partial charge < -0.3 is 10.6 Å². The maximum Gasteiger partial charge on any atom is 0.416 e. The number of hydrogen-bond acceptors (Lipinski definition) is 1. The summed E-state index contributed by atoms with van der Waals surface area (Å²) in [7, 11) is 0. The van der Waals surface area contributed by atoms with Crippen molar-refractivity contribution in [2.24, 2.45) is 0 Å². The van der Waals surface area contributed by atoms with Crippen molar-refractivity contribution in [1.29, 1.82) is 0 Å². The molecule has 0 unspecified atom stereocenters. The van der Waals surface area contributed by atoms with Gasteiger partial charge in [0.05, 0.1) is 16.3 Å². The summed E-state index contributed by atoms with van der Waals surface area (Å²) >= 11 is 5.75. The molecule has 0 spiro atoms. The second kappa shape index (κ2) is 5.91. The highest BCUT2D eigenvalue weighted by molar-refractivity contribution is 6.33. The predicted octanol–water partition coefficient (Wildman–Crippen LogP) is 4.42. The van der Waals surface area contributed by atoms with Gasteiger partial charge in [-0.2, -0.15) is 13.2 Å². The zero-order chi connectivity index (χ0) is 14.8. The van der Waals surface area contributed by atoms with E-state index in [4.69, 9.17) is 11.6 Å². The number of carbonyl (C=O) groups excluding carboxylic acids is 1. The van der Waals surface area contributed by atoms with Crippen molar-refractivity contribution in [3.05, 3.63) is 28.8 Å². The number of rotatable bonds is 2.